The van der Waals surface area contributed by atoms with Gasteiger partial charge in [-0.15, -0.1) is 0 Å². The number of amides is 1. The van der Waals surface area contributed by atoms with Gasteiger partial charge in [-0.25, -0.2) is 9.18 Å². The first-order valence-electron chi connectivity index (χ1n) is 5.77. The second kappa shape index (κ2) is 5.80. The second-order valence-corrected chi connectivity index (χ2v) is 4.60. The lowest BCUT2D eigenvalue weighted by Gasteiger charge is -2.07. The number of nitrogens with one attached hydrogen (secondary N) is 1. The Bertz CT molecular complexity index is 734. The average Bonchev–Trinajstić information content (AvgIpc) is 2.41. The van der Waals surface area contributed by atoms with Crippen LogP contribution in [0.2, 0.25) is 5.02 Å². The van der Waals surface area contributed by atoms with Crippen LogP contribution in [0.1, 0.15) is 20.7 Å². The Kier molecular flexibility index (Phi) is 4.09. The number of aromatic carboxylic acids is 1. The summed E-state index contributed by atoms with van der Waals surface area (Å²) in [6.45, 7) is 0. The summed E-state index contributed by atoms with van der Waals surface area (Å²) >= 11 is 5.75. The second-order valence-electron chi connectivity index (χ2n) is 4.19. The van der Waals surface area contributed by atoms with Crippen molar-refractivity contribution in [3.63, 3.8) is 0 Å². The maximum absolute atomic E-state index is 13.5. The van der Waals surface area contributed by atoms with Gasteiger partial charge in [0.25, 0.3) is 5.91 Å². The number of carboxylic acids is 1. The summed E-state index contributed by atoms with van der Waals surface area (Å²) in [6, 6.07) is 7.63. The van der Waals surface area contributed by atoms with Crippen LogP contribution in [0, 0.1) is 5.82 Å². The predicted octanol–water partition coefficient (Wildman–Crippen LogP) is 3.01. The van der Waals surface area contributed by atoms with Crippen molar-refractivity contribution < 1.29 is 19.1 Å². The molecule has 7 heteroatoms. The zero-order valence-electron chi connectivity index (χ0n) is 10.6. The van der Waals surface area contributed by atoms with Gasteiger partial charge < -0.3 is 16.2 Å². The normalized spacial score (nSPS) is 10.2. The van der Waals surface area contributed by atoms with Crippen LogP contribution in [0.25, 0.3) is 0 Å². The Morgan fingerprint density at radius 2 is 1.90 bits per heavy atom. The van der Waals surface area contributed by atoms with Crippen molar-refractivity contribution in [2.24, 2.45) is 0 Å². The number of halogens is 2. The van der Waals surface area contributed by atoms with E-state index in [0.717, 1.165) is 12.1 Å². The number of carbonyl (C=O) groups excluding carboxylic acids is 1. The first-order chi connectivity index (χ1) is 9.88. The zero-order valence-corrected chi connectivity index (χ0v) is 11.3. The minimum Gasteiger partial charge on any atom is -0.478 e. The number of hydrogen-bond acceptors (Lipinski definition) is 3. The molecule has 0 fully saturated rings. The van der Waals surface area contributed by atoms with Crippen LogP contribution in [0.4, 0.5) is 15.8 Å². The minimum absolute atomic E-state index is 0.135. The lowest BCUT2D eigenvalue weighted by molar-refractivity contribution is 0.0692. The fourth-order valence-electron chi connectivity index (χ4n) is 1.65. The molecular weight excluding hydrogens is 299 g/mol. The van der Waals surface area contributed by atoms with Gasteiger partial charge >= 0.3 is 5.97 Å². The van der Waals surface area contributed by atoms with Crippen molar-refractivity contribution >= 4 is 34.9 Å². The highest BCUT2D eigenvalue weighted by atomic mass is 35.5. The maximum atomic E-state index is 13.5. The highest BCUT2D eigenvalue weighted by Crippen LogP contribution is 2.21. The molecule has 1 amide bonds. The minimum atomic E-state index is -1.38. The maximum Gasteiger partial charge on any atom is 0.338 e. The van der Waals surface area contributed by atoms with E-state index in [9.17, 15) is 14.0 Å². The van der Waals surface area contributed by atoms with E-state index in [1.54, 1.807) is 0 Å². The molecule has 0 atom stereocenters. The average molecular weight is 309 g/mol. The Morgan fingerprint density at radius 3 is 2.48 bits per heavy atom. The van der Waals surface area contributed by atoms with Gasteiger partial charge in [0.2, 0.25) is 0 Å². The Morgan fingerprint density at radius 1 is 1.19 bits per heavy atom. The standard InChI is InChI=1S/C14H10ClFN2O3/c15-10-4-1-7(5-12(10)17)13(19)18-8-2-3-9(14(20)21)11(16)6-8/h1-6H,17H2,(H,18,19)(H,20,21). The molecular formula is C14H10ClFN2O3. The first kappa shape index (κ1) is 14.8. The smallest absolute Gasteiger partial charge is 0.338 e. The molecule has 0 heterocycles. The molecule has 0 bridgehead atoms. The fraction of sp³-hybridized carbons (Fsp3) is 0. The van der Waals surface area contributed by atoms with Gasteiger partial charge in [-0.1, -0.05) is 11.6 Å². The topological polar surface area (TPSA) is 92.4 Å². The third-order valence-electron chi connectivity index (χ3n) is 2.72. The largest absolute Gasteiger partial charge is 0.478 e. The van der Waals surface area contributed by atoms with Crippen LogP contribution in [-0.2, 0) is 0 Å². The van der Waals surface area contributed by atoms with Crippen molar-refractivity contribution in [3.8, 4) is 0 Å². The molecule has 108 valence electrons. The van der Waals surface area contributed by atoms with Gasteiger partial charge in [0.05, 0.1) is 16.3 Å². The molecule has 0 saturated heterocycles. The number of carboxylic acid groups (broad SMARTS) is 1. The van der Waals surface area contributed by atoms with E-state index in [0.29, 0.717) is 5.02 Å². The SMILES string of the molecule is Nc1cc(C(=O)Nc2ccc(C(=O)O)c(F)c2)ccc1Cl. The van der Waals surface area contributed by atoms with Crippen LogP contribution < -0.4 is 11.1 Å². The lowest BCUT2D eigenvalue weighted by atomic mass is 10.1. The van der Waals surface area contributed by atoms with E-state index < -0.39 is 23.3 Å². The number of nitrogens with two attached hydrogens (primary N) is 1. The Labute approximate surface area is 124 Å². The molecule has 0 aliphatic carbocycles. The van der Waals surface area contributed by atoms with Gasteiger partial charge in [-0.3, -0.25) is 4.79 Å². The van der Waals surface area contributed by atoms with Gasteiger partial charge in [0, 0.05) is 11.3 Å². The van der Waals surface area contributed by atoms with Gasteiger partial charge in [-0.05, 0) is 36.4 Å². The summed E-state index contributed by atoms with van der Waals surface area (Å²) in [5.74, 6) is -2.83. The number of hydrogen-bond donors (Lipinski definition) is 3. The van der Waals surface area contributed by atoms with Gasteiger partial charge in [0.1, 0.15) is 5.82 Å². The van der Waals surface area contributed by atoms with Crippen molar-refractivity contribution in [2.45, 2.75) is 0 Å². The molecule has 0 aromatic heterocycles. The fourth-order valence-corrected chi connectivity index (χ4v) is 1.77. The molecule has 21 heavy (non-hydrogen) atoms. The van der Waals surface area contributed by atoms with Crippen molar-refractivity contribution in [1.82, 2.24) is 0 Å². The lowest BCUT2D eigenvalue weighted by Crippen LogP contribution is -2.13. The van der Waals surface area contributed by atoms with Crippen molar-refractivity contribution in [2.75, 3.05) is 11.1 Å². The monoisotopic (exact) mass is 308 g/mol. The molecule has 0 radical (unpaired) electrons. The molecule has 5 nitrogen and oxygen atoms in total. The number of benzene rings is 2. The summed E-state index contributed by atoms with van der Waals surface area (Å²) in [4.78, 5) is 22.7. The van der Waals surface area contributed by atoms with Crippen LogP contribution in [0.3, 0.4) is 0 Å². The van der Waals surface area contributed by atoms with Gasteiger partial charge in [-0.2, -0.15) is 0 Å². The van der Waals surface area contributed by atoms with Gasteiger partial charge in [0.15, 0.2) is 0 Å². The summed E-state index contributed by atoms with van der Waals surface area (Å²) < 4.78 is 13.5. The summed E-state index contributed by atoms with van der Waals surface area (Å²) in [5, 5.41) is 11.5. The molecule has 2 aromatic rings. The summed E-state index contributed by atoms with van der Waals surface area (Å²) in [6.07, 6.45) is 0. The highest BCUT2D eigenvalue weighted by molar-refractivity contribution is 6.33. The van der Waals surface area contributed by atoms with Crippen LogP contribution in [0.5, 0.6) is 0 Å². The Hall–Kier alpha value is -2.60. The molecule has 0 aliphatic heterocycles. The van der Waals surface area contributed by atoms with E-state index >= 15 is 0 Å². The third kappa shape index (κ3) is 3.29. The number of anilines is 2. The predicted molar refractivity (Wildman–Crippen MR) is 77.2 cm³/mol. The summed E-state index contributed by atoms with van der Waals surface area (Å²) in [7, 11) is 0. The van der Waals surface area contributed by atoms with Crippen molar-refractivity contribution in [1.29, 1.82) is 0 Å². The van der Waals surface area contributed by atoms with Crippen LogP contribution >= 0.6 is 11.6 Å². The molecule has 2 rings (SSSR count). The van der Waals surface area contributed by atoms with Crippen LogP contribution in [0.15, 0.2) is 36.4 Å². The van der Waals surface area contributed by atoms with E-state index in [1.165, 1.54) is 24.3 Å². The molecule has 0 saturated carbocycles. The molecule has 0 spiro atoms. The number of rotatable bonds is 3. The quantitative estimate of drug-likeness (QED) is 0.760. The molecule has 2 aromatic carbocycles. The van der Waals surface area contributed by atoms with Crippen molar-refractivity contribution in [3.05, 3.63) is 58.4 Å². The van der Waals surface area contributed by atoms with Crippen LogP contribution in [-0.4, -0.2) is 17.0 Å². The highest BCUT2D eigenvalue weighted by Gasteiger charge is 2.13. The molecule has 4 N–H and O–H groups in total. The summed E-state index contributed by atoms with van der Waals surface area (Å²) in [5.41, 5.74) is 5.75. The number of carbonyl (C=O) groups is 2. The molecule has 0 aliphatic rings. The van der Waals surface area contributed by atoms with E-state index in [2.05, 4.69) is 5.32 Å². The zero-order chi connectivity index (χ0) is 15.6. The van der Waals surface area contributed by atoms with E-state index in [4.69, 9.17) is 22.4 Å². The molecule has 0 unspecified atom stereocenters. The van der Waals surface area contributed by atoms with E-state index in [1.807, 2.05) is 0 Å². The third-order valence-corrected chi connectivity index (χ3v) is 3.06. The Balaban J connectivity index is 2.21. The number of nitrogen functional groups attached to an aromatic ring is 1. The first-order valence-corrected chi connectivity index (χ1v) is 6.15. The van der Waals surface area contributed by atoms with E-state index in [-0.39, 0.29) is 16.9 Å².